The number of imide groups is 1. The van der Waals surface area contributed by atoms with Crippen LogP contribution >= 0.6 is 0 Å². The number of rotatable bonds is 7. The Bertz CT molecular complexity index is 1380. The van der Waals surface area contributed by atoms with E-state index in [1.165, 1.54) is 6.07 Å². The Morgan fingerprint density at radius 1 is 1.16 bits per heavy atom. The summed E-state index contributed by atoms with van der Waals surface area (Å²) < 4.78 is 28.4. The molecule has 37 heavy (non-hydrogen) atoms. The second-order valence-electron chi connectivity index (χ2n) is 9.54. The smallest absolute Gasteiger partial charge is 0.322 e. The van der Waals surface area contributed by atoms with Gasteiger partial charge < -0.3 is 10.2 Å². The molecule has 11 heteroatoms. The van der Waals surface area contributed by atoms with E-state index in [0.717, 1.165) is 18.4 Å². The zero-order valence-corrected chi connectivity index (χ0v) is 21.5. The number of nitriles is 1. The zero-order valence-electron chi connectivity index (χ0n) is 20.7. The standard InChI is InChI=1S/C26H29N5O5S/c1-3-26(24(33)28-25(34)29-26)16-37(35,36)30-22-14-21(7-4-17(22)2)23(32)31-12-10-20(11-13-31)19-8-5-18(15-27)6-9-19/h4-9,14,20,30H,3,10-13,16H2,1-2H3,(H2,28,29,33,34). The lowest BCUT2D eigenvalue weighted by Gasteiger charge is -2.32. The summed E-state index contributed by atoms with van der Waals surface area (Å²) in [6, 6.07) is 13.8. The first-order valence-electron chi connectivity index (χ1n) is 12.1. The molecule has 0 saturated carbocycles. The number of amides is 4. The molecule has 194 valence electrons. The number of hydrogen-bond acceptors (Lipinski definition) is 6. The number of carbonyl (C=O) groups excluding carboxylic acids is 3. The van der Waals surface area contributed by atoms with Crippen molar-refractivity contribution >= 4 is 33.6 Å². The molecule has 1 atom stereocenters. The van der Waals surface area contributed by atoms with Gasteiger partial charge in [0.05, 0.1) is 17.3 Å². The van der Waals surface area contributed by atoms with Gasteiger partial charge in [-0.3, -0.25) is 19.6 Å². The molecule has 0 spiro atoms. The van der Waals surface area contributed by atoms with Crippen LogP contribution in [0.3, 0.4) is 0 Å². The van der Waals surface area contributed by atoms with Gasteiger partial charge in [-0.05, 0) is 67.5 Å². The Hall–Kier alpha value is -3.91. The number of nitrogens with one attached hydrogen (secondary N) is 3. The predicted molar refractivity (Wildman–Crippen MR) is 137 cm³/mol. The summed E-state index contributed by atoms with van der Waals surface area (Å²) >= 11 is 0. The van der Waals surface area contributed by atoms with E-state index in [1.807, 2.05) is 12.1 Å². The molecule has 1 unspecified atom stereocenters. The van der Waals surface area contributed by atoms with Gasteiger partial charge in [0.25, 0.3) is 11.8 Å². The van der Waals surface area contributed by atoms with Crippen molar-refractivity contribution in [2.45, 2.75) is 44.6 Å². The van der Waals surface area contributed by atoms with Gasteiger partial charge in [-0.1, -0.05) is 25.1 Å². The third-order valence-corrected chi connectivity index (χ3v) is 8.50. The molecule has 10 nitrogen and oxygen atoms in total. The van der Waals surface area contributed by atoms with Crippen molar-refractivity contribution in [3.63, 3.8) is 0 Å². The first-order valence-corrected chi connectivity index (χ1v) is 13.7. The molecular formula is C26H29N5O5S. The molecule has 2 saturated heterocycles. The van der Waals surface area contributed by atoms with Gasteiger partial charge in [0, 0.05) is 18.7 Å². The van der Waals surface area contributed by atoms with Crippen LogP contribution in [0.1, 0.15) is 59.2 Å². The number of hydrogen-bond donors (Lipinski definition) is 3. The lowest BCUT2D eigenvalue weighted by Crippen LogP contribution is -2.52. The molecular weight excluding hydrogens is 494 g/mol. The van der Waals surface area contributed by atoms with Gasteiger partial charge in [-0.25, -0.2) is 13.2 Å². The molecule has 0 aliphatic carbocycles. The van der Waals surface area contributed by atoms with E-state index in [2.05, 4.69) is 21.4 Å². The lowest BCUT2D eigenvalue weighted by atomic mass is 9.89. The predicted octanol–water partition coefficient (Wildman–Crippen LogP) is 2.62. The van der Waals surface area contributed by atoms with Gasteiger partial charge in [-0.15, -0.1) is 0 Å². The van der Waals surface area contributed by atoms with Gasteiger partial charge in [0.2, 0.25) is 10.0 Å². The van der Waals surface area contributed by atoms with Crippen LogP contribution in [0.4, 0.5) is 10.5 Å². The topological polar surface area (TPSA) is 148 Å². The normalized spacial score (nSPS) is 20.2. The number of anilines is 1. The maximum absolute atomic E-state index is 13.2. The van der Waals surface area contributed by atoms with Crippen LogP contribution in [0.15, 0.2) is 42.5 Å². The van der Waals surface area contributed by atoms with E-state index >= 15 is 0 Å². The molecule has 3 N–H and O–H groups in total. The average Bonchev–Trinajstić information content (AvgIpc) is 3.16. The van der Waals surface area contributed by atoms with Crippen LogP contribution in [0.2, 0.25) is 0 Å². The maximum atomic E-state index is 13.2. The van der Waals surface area contributed by atoms with Crippen LogP contribution < -0.4 is 15.4 Å². The quantitative estimate of drug-likeness (QED) is 0.475. The monoisotopic (exact) mass is 523 g/mol. The lowest BCUT2D eigenvalue weighted by molar-refractivity contribution is -0.123. The van der Waals surface area contributed by atoms with Gasteiger partial charge in [0.15, 0.2) is 0 Å². The van der Waals surface area contributed by atoms with Crippen molar-refractivity contribution in [3.05, 3.63) is 64.7 Å². The highest BCUT2D eigenvalue weighted by Crippen LogP contribution is 2.30. The summed E-state index contributed by atoms with van der Waals surface area (Å²) in [5.74, 6) is -1.20. The average molecular weight is 524 g/mol. The summed E-state index contributed by atoms with van der Waals surface area (Å²) in [6.07, 6.45) is 1.67. The number of carbonyl (C=O) groups is 3. The molecule has 2 aromatic rings. The highest BCUT2D eigenvalue weighted by Gasteiger charge is 2.48. The summed E-state index contributed by atoms with van der Waals surface area (Å²) in [6.45, 7) is 4.46. The van der Waals surface area contributed by atoms with Gasteiger partial charge >= 0.3 is 6.03 Å². The Balaban J connectivity index is 1.44. The molecule has 2 heterocycles. The molecule has 4 rings (SSSR count). The number of likely N-dealkylation sites (tertiary alicyclic amines) is 1. The van der Waals surface area contributed by atoms with E-state index in [4.69, 9.17) is 5.26 Å². The molecule has 2 fully saturated rings. The van der Waals surface area contributed by atoms with Crippen LogP contribution in [0, 0.1) is 18.3 Å². The molecule has 4 amide bonds. The number of sulfonamides is 1. The van der Waals surface area contributed by atoms with E-state index in [-0.39, 0.29) is 18.0 Å². The van der Waals surface area contributed by atoms with Crippen molar-refractivity contribution in [2.75, 3.05) is 23.6 Å². The van der Waals surface area contributed by atoms with Crippen molar-refractivity contribution in [2.24, 2.45) is 0 Å². The summed E-state index contributed by atoms with van der Waals surface area (Å²) in [5, 5.41) is 13.5. The second kappa shape index (κ2) is 10.2. The SMILES string of the molecule is CCC1(CS(=O)(=O)Nc2cc(C(=O)N3CCC(c4ccc(C#N)cc4)CC3)ccc2C)NC(=O)NC1=O. The van der Waals surface area contributed by atoms with Gasteiger partial charge in [0.1, 0.15) is 11.3 Å². The number of benzene rings is 2. The largest absolute Gasteiger partial charge is 0.339 e. The maximum Gasteiger partial charge on any atom is 0.322 e. The molecule has 0 aromatic heterocycles. The van der Waals surface area contributed by atoms with Crippen molar-refractivity contribution in [3.8, 4) is 6.07 Å². The Kier molecular flexibility index (Phi) is 7.23. The number of aryl methyl sites for hydroxylation is 1. The van der Waals surface area contributed by atoms with Crippen molar-refractivity contribution in [1.82, 2.24) is 15.5 Å². The van der Waals surface area contributed by atoms with E-state index in [0.29, 0.717) is 35.7 Å². The molecule has 2 aliphatic rings. The highest BCUT2D eigenvalue weighted by atomic mass is 32.2. The first-order chi connectivity index (χ1) is 17.6. The highest BCUT2D eigenvalue weighted by molar-refractivity contribution is 7.92. The van der Waals surface area contributed by atoms with E-state index < -0.39 is 33.3 Å². The van der Waals surface area contributed by atoms with Crippen molar-refractivity contribution in [1.29, 1.82) is 5.26 Å². The summed E-state index contributed by atoms with van der Waals surface area (Å²) in [7, 11) is -4.05. The van der Waals surface area contributed by atoms with Crippen LogP contribution in [-0.2, 0) is 14.8 Å². The summed E-state index contributed by atoms with van der Waals surface area (Å²) in [4.78, 5) is 38.8. The third-order valence-electron chi connectivity index (χ3n) is 7.10. The van der Waals surface area contributed by atoms with Gasteiger partial charge in [-0.2, -0.15) is 5.26 Å². The first kappa shape index (κ1) is 26.2. The second-order valence-corrected chi connectivity index (χ2v) is 11.3. The number of urea groups is 1. The van der Waals surface area contributed by atoms with Crippen LogP contribution in [0.25, 0.3) is 0 Å². The van der Waals surface area contributed by atoms with Crippen molar-refractivity contribution < 1.29 is 22.8 Å². The zero-order chi connectivity index (χ0) is 26.8. The fraction of sp³-hybridized carbons (Fsp3) is 0.385. The van der Waals surface area contributed by atoms with E-state index in [1.54, 1.807) is 43.0 Å². The fourth-order valence-electron chi connectivity index (χ4n) is 4.80. The fourth-order valence-corrected chi connectivity index (χ4v) is 6.49. The molecule has 0 bridgehead atoms. The molecule has 2 aliphatic heterocycles. The molecule has 2 aromatic carbocycles. The van der Waals surface area contributed by atoms with Crippen LogP contribution in [0.5, 0.6) is 0 Å². The number of nitrogens with zero attached hydrogens (tertiary/aromatic N) is 2. The Labute approximate surface area is 216 Å². The third kappa shape index (κ3) is 5.59. The minimum Gasteiger partial charge on any atom is -0.339 e. The molecule has 0 radical (unpaired) electrons. The summed E-state index contributed by atoms with van der Waals surface area (Å²) in [5.41, 5.74) is 1.43. The van der Waals surface area contributed by atoms with E-state index in [9.17, 15) is 22.8 Å². The minimum absolute atomic E-state index is 0.0986. The Morgan fingerprint density at radius 3 is 2.41 bits per heavy atom. The Morgan fingerprint density at radius 2 is 1.84 bits per heavy atom. The van der Waals surface area contributed by atoms with Crippen LogP contribution in [-0.4, -0.2) is 55.5 Å². The minimum atomic E-state index is -4.05. The number of piperidine rings is 1.